The molecule has 1 atom stereocenters. The summed E-state index contributed by atoms with van der Waals surface area (Å²) >= 11 is 0. The molecule has 1 aliphatic heterocycles. The van der Waals surface area contributed by atoms with Crippen molar-refractivity contribution in [2.75, 3.05) is 18.0 Å². The van der Waals surface area contributed by atoms with Gasteiger partial charge < -0.3 is 15.0 Å². The summed E-state index contributed by atoms with van der Waals surface area (Å²) in [6, 6.07) is 9.96. The number of hydrogen-bond donors (Lipinski definition) is 1. The number of nitrogens with zero attached hydrogens (tertiary/aromatic N) is 6. The normalized spacial score (nSPS) is 15.9. The number of ether oxygens (including phenoxy) is 1. The van der Waals surface area contributed by atoms with Gasteiger partial charge in [0.05, 0.1) is 11.6 Å². The van der Waals surface area contributed by atoms with Crippen molar-refractivity contribution >= 4 is 12.4 Å². The topological polar surface area (TPSA) is 109 Å². The monoisotopic (exact) mass is 541 g/mol. The highest BCUT2D eigenvalue weighted by molar-refractivity contribution is 5.47. The van der Waals surface area contributed by atoms with Gasteiger partial charge in [-0.1, -0.05) is 6.07 Å². The van der Waals surface area contributed by atoms with Crippen molar-refractivity contribution in [2.45, 2.75) is 64.3 Å². The number of carbonyl (C=O) groups is 1. The van der Waals surface area contributed by atoms with Crippen LogP contribution in [0.5, 0.6) is 5.75 Å². The van der Waals surface area contributed by atoms with Crippen LogP contribution in [0.25, 0.3) is 5.82 Å². The molecule has 9 nitrogen and oxygen atoms in total. The van der Waals surface area contributed by atoms with Gasteiger partial charge in [-0.3, -0.25) is 4.79 Å². The van der Waals surface area contributed by atoms with Crippen molar-refractivity contribution in [1.82, 2.24) is 25.1 Å². The first-order valence-corrected chi connectivity index (χ1v) is 12.8. The quantitative estimate of drug-likeness (QED) is 0.415. The van der Waals surface area contributed by atoms with Crippen LogP contribution in [0.15, 0.2) is 36.5 Å². The van der Waals surface area contributed by atoms with Crippen molar-refractivity contribution < 1.29 is 22.7 Å². The molecule has 2 aliphatic rings. The van der Waals surface area contributed by atoms with Crippen LogP contribution in [0.3, 0.4) is 0 Å². The number of aromatic nitrogens is 4. The number of nitriles is 1. The Labute approximate surface area is 224 Å². The second-order valence-electron chi connectivity index (χ2n) is 9.65. The average molecular weight is 542 g/mol. The molecule has 39 heavy (non-hydrogen) atoms. The van der Waals surface area contributed by atoms with Crippen LogP contribution in [-0.4, -0.2) is 45.6 Å². The van der Waals surface area contributed by atoms with Crippen LogP contribution < -0.4 is 15.0 Å². The minimum Gasteiger partial charge on any atom is -0.406 e. The Morgan fingerprint density at radius 3 is 2.51 bits per heavy atom. The Kier molecular flexibility index (Phi) is 8.69. The van der Waals surface area contributed by atoms with E-state index in [1.54, 1.807) is 23.7 Å². The third-order valence-corrected chi connectivity index (χ3v) is 6.41. The fourth-order valence-electron chi connectivity index (χ4n) is 4.37. The van der Waals surface area contributed by atoms with Crippen LogP contribution in [0.2, 0.25) is 0 Å². The lowest BCUT2D eigenvalue weighted by molar-refractivity contribution is -0.274. The lowest BCUT2D eigenvalue weighted by atomic mass is 10.1. The van der Waals surface area contributed by atoms with Crippen molar-refractivity contribution in [3.63, 3.8) is 0 Å². The van der Waals surface area contributed by atoms with Gasteiger partial charge in [-0.2, -0.15) is 14.9 Å². The molecule has 5 rings (SSSR count). The minimum absolute atomic E-state index is 0.107. The second-order valence-corrected chi connectivity index (χ2v) is 9.65. The van der Waals surface area contributed by atoms with Gasteiger partial charge in [0.25, 0.3) is 0 Å². The molecule has 12 heteroatoms. The molecule has 0 unspecified atom stereocenters. The molecule has 3 aromatic rings. The van der Waals surface area contributed by atoms with E-state index in [9.17, 15) is 18.0 Å². The number of hydrogen-bond acceptors (Lipinski definition) is 7. The highest BCUT2D eigenvalue weighted by atomic mass is 19.4. The zero-order chi connectivity index (χ0) is 28.0. The fourth-order valence-corrected chi connectivity index (χ4v) is 4.37. The van der Waals surface area contributed by atoms with Crippen molar-refractivity contribution in [3.05, 3.63) is 59.0 Å². The van der Waals surface area contributed by atoms with Gasteiger partial charge in [0.15, 0.2) is 11.6 Å². The maximum atomic E-state index is 12.0. The molecule has 1 saturated carbocycles. The van der Waals surface area contributed by atoms with Crippen LogP contribution in [0, 0.1) is 18.3 Å². The van der Waals surface area contributed by atoms with E-state index < -0.39 is 6.36 Å². The smallest absolute Gasteiger partial charge is 0.406 e. The standard InChI is InChI=1S/C16H19N7O.C11H11F3O/c1-12(19-11-24)15-20-16(22-7-3-2-4-8-22)21-23(15)14-6-5-13(9-17)10-18-14;1-7-4-9(8-2-3-8)6-10(5-7)15-11(12,13)14/h5-6,10-12H,2-4,7-8H2,1H3,(H,19,24);4-6,8H,2-3H2,1H3/t12-;/m0./s1. The minimum atomic E-state index is -4.60. The Morgan fingerprint density at radius 2 is 1.92 bits per heavy atom. The van der Waals surface area contributed by atoms with E-state index in [-0.39, 0.29) is 11.8 Å². The number of benzene rings is 1. The van der Waals surface area contributed by atoms with Gasteiger partial charge in [-0.15, -0.1) is 18.3 Å². The van der Waals surface area contributed by atoms with Crippen LogP contribution in [0.4, 0.5) is 19.1 Å². The molecule has 2 fully saturated rings. The van der Waals surface area contributed by atoms with E-state index in [1.165, 1.54) is 24.8 Å². The molecular formula is C27H30F3N7O2. The molecular weight excluding hydrogens is 511 g/mol. The third kappa shape index (κ3) is 7.69. The van der Waals surface area contributed by atoms with E-state index in [1.807, 2.05) is 19.1 Å². The van der Waals surface area contributed by atoms with E-state index in [0.29, 0.717) is 35.5 Å². The van der Waals surface area contributed by atoms with Gasteiger partial charge in [0, 0.05) is 19.3 Å². The fraction of sp³-hybridized carbons (Fsp3) is 0.444. The summed E-state index contributed by atoms with van der Waals surface area (Å²) in [5.74, 6) is 2.15. The lowest BCUT2D eigenvalue weighted by Gasteiger charge is -2.25. The maximum Gasteiger partial charge on any atom is 0.573 e. The first-order chi connectivity index (χ1) is 18.7. The number of nitrogens with one attached hydrogen (secondary N) is 1. The second kappa shape index (κ2) is 12.1. The van der Waals surface area contributed by atoms with Gasteiger partial charge in [-0.25, -0.2) is 4.98 Å². The number of amides is 1. The number of anilines is 1. The highest BCUT2D eigenvalue weighted by Crippen LogP contribution is 2.42. The number of pyridine rings is 1. The largest absolute Gasteiger partial charge is 0.573 e. The van der Waals surface area contributed by atoms with Gasteiger partial charge in [0.2, 0.25) is 12.4 Å². The molecule has 0 radical (unpaired) electrons. The predicted octanol–water partition coefficient (Wildman–Crippen LogP) is 5.10. The molecule has 0 spiro atoms. The summed E-state index contributed by atoms with van der Waals surface area (Å²) in [6.45, 7) is 5.48. The number of rotatable bonds is 7. The molecule has 1 aromatic carbocycles. The van der Waals surface area contributed by atoms with E-state index >= 15 is 0 Å². The third-order valence-electron chi connectivity index (χ3n) is 6.41. The first kappa shape index (κ1) is 27.9. The molecule has 1 aliphatic carbocycles. The van der Waals surface area contributed by atoms with Gasteiger partial charge in [0.1, 0.15) is 11.8 Å². The number of carbonyl (C=O) groups excluding carboxylic acids is 1. The van der Waals surface area contributed by atoms with Crippen LogP contribution >= 0.6 is 0 Å². The predicted molar refractivity (Wildman–Crippen MR) is 137 cm³/mol. The number of alkyl halides is 3. The molecule has 206 valence electrons. The molecule has 0 bridgehead atoms. The van der Waals surface area contributed by atoms with Gasteiger partial charge >= 0.3 is 6.36 Å². The molecule has 1 N–H and O–H groups in total. The maximum absolute atomic E-state index is 12.0. The van der Waals surface area contributed by atoms with E-state index in [0.717, 1.165) is 49.9 Å². The van der Waals surface area contributed by atoms with E-state index in [2.05, 4.69) is 30.0 Å². The summed E-state index contributed by atoms with van der Waals surface area (Å²) < 4.78 is 41.5. The zero-order valence-electron chi connectivity index (χ0n) is 21.8. The number of piperidine rings is 1. The zero-order valence-corrected chi connectivity index (χ0v) is 21.8. The Morgan fingerprint density at radius 1 is 1.18 bits per heavy atom. The van der Waals surface area contributed by atoms with E-state index in [4.69, 9.17) is 5.26 Å². The summed E-state index contributed by atoms with van der Waals surface area (Å²) in [4.78, 5) is 21.9. The number of aryl methyl sites for hydroxylation is 1. The average Bonchev–Trinajstić information content (AvgIpc) is 3.66. The number of halogens is 3. The lowest BCUT2D eigenvalue weighted by Crippen LogP contribution is -2.30. The summed E-state index contributed by atoms with van der Waals surface area (Å²) in [6.07, 6.45) is 3.15. The van der Waals surface area contributed by atoms with Crippen molar-refractivity contribution in [3.8, 4) is 17.6 Å². The van der Waals surface area contributed by atoms with Crippen molar-refractivity contribution in [1.29, 1.82) is 5.26 Å². The summed E-state index contributed by atoms with van der Waals surface area (Å²) in [5, 5.41) is 16.2. The Balaban J connectivity index is 0.000000202. The summed E-state index contributed by atoms with van der Waals surface area (Å²) in [7, 11) is 0. The highest BCUT2D eigenvalue weighted by Gasteiger charge is 2.32. The molecule has 1 saturated heterocycles. The van der Waals surface area contributed by atoms with Crippen LogP contribution in [-0.2, 0) is 4.79 Å². The Bertz CT molecular complexity index is 1310. The van der Waals surface area contributed by atoms with Gasteiger partial charge in [-0.05, 0) is 87.3 Å². The van der Waals surface area contributed by atoms with Crippen LogP contribution in [0.1, 0.15) is 73.5 Å². The van der Waals surface area contributed by atoms with Crippen molar-refractivity contribution in [2.24, 2.45) is 0 Å². The Hall–Kier alpha value is -4.14. The summed E-state index contributed by atoms with van der Waals surface area (Å²) in [5.41, 5.74) is 2.24. The SMILES string of the molecule is C[C@H](NC=O)c1nc(N2CCCCC2)nn1-c1ccc(C#N)cn1.Cc1cc(OC(F)(F)F)cc(C2CC2)c1. The first-order valence-electron chi connectivity index (χ1n) is 12.8. The molecule has 3 heterocycles. The molecule has 2 aromatic heterocycles. The molecule has 1 amide bonds.